The molecule has 0 saturated heterocycles. The monoisotopic (exact) mass is 250 g/mol. The van der Waals surface area contributed by atoms with Gasteiger partial charge in [0.25, 0.3) is 0 Å². The van der Waals surface area contributed by atoms with Crippen molar-refractivity contribution in [3.8, 4) is 0 Å². The molecule has 0 aliphatic heterocycles. The van der Waals surface area contributed by atoms with Crippen molar-refractivity contribution in [2.45, 2.75) is 76.9 Å². The van der Waals surface area contributed by atoms with E-state index < -0.39 is 12.2 Å². The Morgan fingerprint density at radius 1 is 0.812 bits per heavy atom. The third-order valence-corrected chi connectivity index (χ3v) is 3.27. The van der Waals surface area contributed by atoms with Crippen molar-refractivity contribution in [3.05, 3.63) is 0 Å². The Morgan fingerprint density at radius 3 is 1.81 bits per heavy atom. The summed E-state index contributed by atoms with van der Waals surface area (Å²) in [6.45, 7) is 2.23. The lowest BCUT2D eigenvalue weighted by atomic mass is 10.0. The van der Waals surface area contributed by atoms with E-state index in [1.807, 2.05) is 0 Å². The van der Waals surface area contributed by atoms with Gasteiger partial charge in [-0.1, -0.05) is 58.3 Å². The van der Waals surface area contributed by atoms with Crippen LogP contribution in [0.4, 0.5) is 0 Å². The molecule has 0 aromatic heterocycles. The molecule has 3 heteroatoms. The molecule has 0 radical (unpaired) electrons. The van der Waals surface area contributed by atoms with E-state index in [1.54, 1.807) is 0 Å². The minimum absolute atomic E-state index is 0.123. The molecule has 0 aliphatic rings. The summed E-state index contributed by atoms with van der Waals surface area (Å²) in [5.41, 5.74) is 0. The van der Waals surface area contributed by atoms with Gasteiger partial charge in [-0.05, 0) is 6.42 Å². The van der Waals surface area contributed by atoms with Gasteiger partial charge in [-0.2, -0.15) is 0 Å². The molecule has 0 bridgehead atoms. The van der Waals surface area contributed by atoms with Gasteiger partial charge in [0.05, 0.1) is 18.1 Å². The average molecular weight is 251 g/mol. The minimum atomic E-state index is -0.758. The second-order valence-corrected chi connectivity index (χ2v) is 4.86. The van der Waals surface area contributed by atoms with Gasteiger partial charge in [-0.25, -0.2) is 0 Å². The summed E-state index contributed by atoms with van der Waals surface area (Å²) in [5.74, 6) is 0.123. The van der Waals surface area contributed by atoms with Crippen LogP contribution in [0.2, 0.25) is 0 Å². The molecule has 0 aromatic rings. The van der Waals surface area contributed by atoms with Crippen LogP contribution >= 0.6 is 11.6 Å². The standard InChI is InChI=1S/C13H27ClO2/c1-2-3-4-5-6-7-8-9-10-12(15)13(16)11-14/h12-13,15-16H,2-11H2,1H3/t12-,13-/m0/s1. The van der Waals surface area contributed by atoms with E-state index in [0.717, 1.165) is 12.8 Å². The molecule has 0 saturated carbocycles. The van der Waals surface area contributed by atoms with Gasteiger partial charge in [0.2, 0.25) is 0 Å². The lowest BCUT2D eigenvalue weighted by molar-refractivity contribution is 0.0267. The Morgan fingerprint density at radius 2 is 1.31 bits per heavy atom. The van der Waals surface area contributed by atoms with Crippen LogP contribution in [0, 0.1) is 0 Å². The van der Waals surface area contributed by atoms with E-state index in [9.17, 15) is 10.2 Å². The first kappa shape index (κ1) is 16.2. The van der Waals surface area contributed by atoms with Crippen molar-refractivity contribution in [3.63, 3.8) is 0 Å². The van der Waals surface area contributed by atoms with Gasteiger partial charge in [0.1, 0.15) is 0 Å². The molecule has 0 unspecified atom stereocenters. The summed E-state index contributed by atoms with van der Waals surface area (Å²) in [7, 11) is 0. The summed E-state index contributed by atoms with van der Waals surface area (Å²) >= 11 is 5.45. The fourth-order valence-electron chi connectivity index (χ4n) is 1.78. The van der Waals surface area contributed by atoms with E-state index in [2.05, 4.69) is 6.92 Å². The number of halogens is 1. The lowest BCUT2D eigenvalue weighted by Crippen LogP contribution is -2.27. The van der Waals surface area contributed by atoms with Gasteiger partial charge in [0, 0.05) is 0 Å². The number of aliphatic hydroxyl groups excluding tert-OH is 2. The molecule has 2 atom stereocenters. The highest BCUT2D eigenvalue weighted by Gasteiger charge is 2.13. The summed E-state index contributed by atoms with van der Waals surface area (Å²) in [4.78, 5) is 0. The number of rotatable bonds is 11. The van der Waals surface area contributed by atoms with Crippen LogP contribution in [0.1, 0.15) is 64.7 Å². The number of alkyl halides is 1. The van der Waals surface area contributed by atoms with Gasteiger partial charge < -0.3 is 10.2 Å². The van der Waals surface area contributed by atoms with Crippen LogP contribution in [-0.2, 0) is 0 Å². The van der Waals surface area contributed by atoms with E-state index >= 15 is 0 Å². The molecule has 0 amide bonds. The maximum absolute atomic E-state index is 9.46. The molecule has 0 fully saturated rings. The summed E-state index contributed by atoms with van der Waals surface area (Å²) < 4.78 is 0. The summed E-state index contributed by atoms with van der Waals surface area (Å²) in [5, 5.41) is 18.7. The number of aliphatic hydroxyl groups is 2. The molecule has 98 valence electrons. The highest BCUT2D eigenvalue weighted by Crippen LogP contribution is 2.12. The second kappa shape index (κ2) is 11.7. The Bertz CT molecular complexity index is 142. The minimum Gasteiger partial charge on any atom is -0.390 e. The molecular weight excluding hydrogens is 224 g/mol. The fourth-order valence-corrected chi connectivity index (χ4v) is 1.99. The molecule has 0 heterocycles. The lowest BCUT2D eigenvalue weighted by Gasteiger charge is -2.14. The van der Waals surface area contributed by atoms with Crippen molar-refractivity contribution >= 4 is 11.6 Å². The Kier molecular flexibility index (Phi) is 11.8. The Labute approximate surface area is 105 Å². The third kappa shape index (κ3) is 9.44. The summed E-state index contributed by atoms with van der Waals surface area (Å²) in [6, 6.07) is 0. The van der Waals surface area contributed by atoms with Gasteiger partial charge in [-0.15, -0.1) is 11.6 Å². The van der Waals surface area contributed by atoms with Crippen LogP contribution in [0.15, 0.2) is 0 Å². The number of hydrogen-bond donors (Lipinski definition) is 2. The van der Waals surface area contributed by atoms with Crippen LogP contribution < -0.4 is 0 Å². The van der Waals surface area contributed by atoms with Crippen LogP contribution in [0.25, 0.3) is 0 Å². The fraction of sp³-hybridized carbons (Fsp3) is 1.00. The van der Waals surface area contributed by atoms with E-state index in [1.165, 1.54) is 38.5 Å². The summed E-state index contributed by atoms with van der Waals surface area (Å²) in [6.07, 6.45) is 9.28. The maximum Gasteiger partial charge on any atom is 0.0933 e. The number of unbranched alkanes of at least 4 members (excludes halogenated alkanes) is 7. The molecule has 2 nitrogen and oxygen atoms in total. The zero-order chi connectivity index (χ0) is 12.2. The van der Waals surface area contributed by atoms with E-state index in [-0.39, 0.29) is 5.88 Å². The quantitative estimate of drug-likeness (QED) is 0.435. The van der Waals surface area contributed by atoms with Crippen molar-refractivity contribution in [1.29, 1.82) is 0 Å². The normalized spacial score (nSPS) is 15.0. The molecule has 0 rings (SSSR count). The first-order chi connectivity index (χ1) is 7.72. The van der Waals surface area contributed by atoms with E-state index in [0.29, 0.717) is 6.42 Å². The van der Waals surface area contributed by atoms with Crippen LogP contribution in [-0.4, -0.2) is 28.3 Å². The van der Waals surface area contributed by atoms with Crippen molar-refractivity contribution < 1.29 is 10.2 Å². The molecule has 0 aromatic carbocycles. The molecule has 16 heavy (non-hydrogen) atoms. The first-order valence-electron chi connectivity index (χ1n) is 6.64. The second-order valence-electron chi connectivity index (χ2n) is 4.55. The zero-order valence-corrected chi connectivity index (χ0v) is 11.3. The van der Waals surface area contributed by atoms with Crippen molar-refractivity contribution in [2.24, 2.45) is 0 Å². The first-order valence-corrected chi connectivity index (χ1v) is 7.18. The molecule has 2 N–H and O–H groups in total. The third-order valence-electron chi connectivity index (χ3n) is 2.96. The molecule has 0 aliphatic carbocycles. The van der Waals surface area contributed by atoms with Gasteiger partial charge in [0.15, 0.2) is 0 Å². The highest BCUT2D eigenvalue weighted by atomic mass is 35.5. The smallest absolute Gasteiger partial charge is 0.0933 e. The van der Waals surface area contributed by atoms with Gasteiger partial charge >= 0.3 is 0 Å². The zero-order valence-electron chi connectivity index (χ0n) is 10.5. The topological polar surface area (TPSA) is 40.5 Å². The Hall–Kier alpha value is 0.210. The average Bonchev–Trinajstić information content (AvgIpc) is 2.31. The van der Waals surface area contributed by atoms with Crippen molar-refractivity contribution in [1.82, 2.24) is 0 Å². The predicted molar refractivity (Wildman–Crippen MR) is 70.0 cm³/mol. The largest absolute Gasteiger partial charge is 0.390 e. The van der Waals surface area contributed by atoms with Gasteiger partial charge in [-0.3, -0.25) is 0 Å². The maximum atomic E-state index is 9.46. The van der Waals surface area contributed by atoms with Crippen LogP contribution in [0.5, 0.6) is 0 Å². The predicted octanol–water partition coefficient (Wildman–Crippen LogP) is 3.48. The molecular formula is C13H27ClO2. The SMILES string of the molecule is CCCCCCCCCC[C@H](O)[C@@H](O)CCl. The highest BCUT2D eigenvalue weighted by molar-refractivity contribution is 6.18. The van der Waals surface area contributed by atoms with Crippen molar-refractivity contribution in [2.75, 3.05) is 5.88 Å². The Balaban J connectivity index is 3.14. The molecule has 0 spiro atoms. The van der Waals surface area contributed by atoms with Crippen LogP contribution in [0.3, 0.4) is 0 Å². The number of hydrogen-bond acceptors (Lipinski definition) is 2. The van der Waals surface area contributed by atoms with E-state index in [4.69, 9.17) is 11.6 Å².